The minimum Gasteiger partial charge on any atom is -0.0772 e. The third-order valence-electron chi connectivity index (χ3n) is 3.68. The molecule has 1 aliphatic rings. The zero-order valence-electron chi connectivity index (χ0n) is 10.6. The predicted molar refractivity (Wildman–Crippen MR) is 64.3 cm³/mol. The van der Waals surface area contributed by atoms with Crippen LogP contribution in [-0.2, 0) is 0 Å². The smallest absolute Gasteiger partial charge is 0.0287 e. The minimum atomic E-state index is 0.862. The van der Waals surface area contributed by atoms with E-state index < -0.39 is 0 Å². The minimum absolute atomic E-state index is 0.862. The fourth-order valence-corrected chi connectivity index (χ4v) is 2.76. The third-order valence-corrected chi connectivity index (χ3v) is 3.68. The van der Waals surface area contributed by atoms with Gasteiger partial charge in [0.05, 0.1) is 0 Å². The maximum atomic E-state index is 2.44. The maximum Gasteiger partial charge on any atom is -0.0287 e. The second-order valence-electron chi connectivity index (χ2n) is 5.71. The lowest BCUT2D eigenvalue weighted by atomic mass is 9.85. The molecular weight excluding hydrogens is 168 g/mol. The molecule has 0 aliphatic heterocycles. The van der Waals surface area contributed by atoms with Gasteiger partial charge in [-0.3, -0.25) is 0 Å². The molecule has 0 heteroatoms. The first-order chi connectivity index (χ1) is 6.50. The van der Waals surface area contributed by atoms with Crippen molar-refractivity contribution < 1.29 is 0 Å². The Morgan fingerprint density at radius 3 is 2.36 bits per heavy atom. The summed E-state index contributed by atoms with van der Waals surface area (Å²) in [6, 6.07) is 0. The second-order valence-corrected chi connectivity index (χ2v) is 5.71. The molecule has 82 valence electrons. The first-order valence-electron chi connectivity index (χ1n) is 6.16. The van der Waals surface area contributed by atoms with Crippen LogP contribution < -0.4 is 0 Å². The molecule has 0 radical (unpaired) electrons. The summed E-state index contributed by atoms with van der Waals surface area (Å²) in [6.45, 7) is 11.7. The standard InChI is InChI=1S/C14H26/c1-10(2)8-12(5)14-7-6-13(9-14)11(3)4/h10,12,14H,6-9H2,1-5H3. The summed E-state index contributed by atoms with van der Waals surface area (Å²) in [4.78, 5) is 0. The Balaban J connectivity index is 2.46. The molecule has 14 heavy (non-hydrogen) atoms. The molecular formula is C14H26. The first kappa shape index (κ1) is 11.8. The summed E-state index contributed by atoms with van der Waals surface area (Å²) in [6.07, 6.45) is 5.60. The van der Waals surface area contributed by atoms with E-state index in [-0.39, 0.29) is 0 Å². The van der Waals surface area contributed by atoms with Crippen molar-refractivity contribution in [2.24, 2.45) is 17.8 Å². The molecule has 1 aliphatic carbocycles. The average Bonchev–Trinajstić information content (AvgIpc) is 2.50. The second kappa shape index (κ2) is 5.00. The molecule has 0 aromatic carbocycles. The molecule has 0 heterocycles. The zero-order chi connectivity index (χ0) is 10.7. The number of allylic oxidation sites excluding steroid dienone is 2. The molecule has 0 N–H and O–H groups in total. The zero-order valence-corrected chi connectivity index (χ0v) is 10.6. The van der Waals surface area contributed by atoms with E-state index in [4.69, 9.17) is 0 Å². The van der Waals surface area contributed by atoms with Gasteiger partial charge in [0.15, 0.2) is 0 Å². The Labute approximate surface area is 89.8 Å². The van der Waals surface area contributed by atoms with Crippen molar-refractivity contribution in [3.63, 3.8) is 0 Å². The van der Waals surface area contributed by atoms with Gasteiger partial charge in [0.1, 0.15) is 0 Å². The van der Waals surface area contributed by atoms with Crippen LogP contribution in [0.25, 0.3) is 0 Å². The fourth-order valence-electron chi connectivity index (χ4n) is 2.76. The summed E-state index contributed by atoms with van der Waals surface area (Å²) in [5.41, 5.74) is 3.31. The molecule has 0 aromatic rings. The van der Waals surface area contributed by atoms with Crippen LogP contribution in [0.3, 0.4) is 0 Å². The number of rotatable bonds is 3. The molecule has 0 amide bonds. The van der Waals surface area contributed by atoms with Crippen LogP contribution in [0.1, 0.15) is 60.3 Å². The summed E-state index contributed by atoms with van der Waals surface area (Å²) < 4.78 is 0. The van der Waals surface area contributed by atoms with Crippen LogP contribution in [0.2, 0.25) is 0 Å². The van der Waals surface area contributed by atoms with Crippen molar-refractivity contribution >= 4 is 0 Å². The average molecular weight is 194 g/mol. The summed E-state index contributed by atoms with van der Waals surface area (Å²) in [5, 5.41) is 0. The van der Waals surface area contributed by atoms with Gasteiger partial charge in [-0.15, -0.1) is 0 Å². The van der Waals surface area contributed by atoms with Crippen molar-refractivity contribution in [1.29, 1.82) is 0 Å². The van der Waals surface area contributed by atoms with Gasteiger partial charge in [0, 0.05) is 0 Å². The van der Waals surface area contributed by atoms with Crippen molar-refractivity contribution in [2.75, 3.05) is 0 Å². The molecule has 0 spiro atoms. The molecule has 2 unspecified atom stereocenters. The number of hydrogen-bond acceptors (Lipinski definition) is 0. The summed E-state index contributed by atoms with van der Waals surface area (Å²) >= 11 is 0. The monoisotopic (exact) mass is 194 g/mol. The van der Waals surface area contributed by atoms with E-state index >= 15 is 0 Å². The van der Waals surface area contributed by atoms with E-state index in [2.05, 4.69) is 34.6 Å². The van der Waals surface area contributed by atoms with Gasteiger partial charge in [-0.05, 0) is 57.3 Å². The van der Waals surface area contributed by atoms with Crippen LogP contribution in [0.4, 0.5) is 0 Å². The van der Waals surface area contributed by atoms with Crippen molar-refractivity contribution in [3.8, 4) is 0 Å². The third kappa shape index (κ3) is 3.15. The molecule has 0 saturated heterocycles. The molecule has 1 rings (SSSR count). The quantitative estimate of drug-likeness (QED) is 0.566. The number of hydrogen-bond donors (Lipinski definition) is 0. The van der Waals surface area contributed by atoms with Gasteiger partial charge in [-0.25, -0.2) is 0 Å². The van der Waals surface area contributed by atoms with Crippen molar-refractivity contribution in [2.45, 2.75) is 60.3 Å². The topological polar surface area (TPSA) is 0 Å². The van der Waals surface area contributed by atoms with E-state index in [0.29, 0.717) is 0 Å². The molecule has 2 atom stereocenters. The van der Waals surface area contributed by atoms with Gasteiger partial charge < -0.3 is 0 Å². The van der Waals surface area contributed by atoms with Crippen molar-refractivity contribution in [1.82, 2.24) is 0 Å². The lowest BCUT2D eigenvalue weighted by molar-refractivity contribution is 0.312. The lowest BCUT2D eigenvalue weighted by Crippen LogP contribution is -2.10. The SMILES string of the molecule is CC(C)=C1CCC(C(C)CC(C)C)C1. The fraction of sp³-hybridized carbons (Fsp3) is 0.857. The van der Waals surface area contributed by atoms with Gasteiger partial charge in [-0.2, -0.15) is 0 Å². The van der Waals surface area contributed by atoms with E-state index in [1.807, 2.05) is 0 Å². The maximum absolute atomic E-state index is 2.44. The Kier molecular flexibility index (Phi) is 4.22. The van der Waals surface area contributed by atoms with Crippen LogP contribution in [0.15, 0.2) is 11.1 Å². The highest BCUT2D eigenvalue weighted by molar-refractivity contribution is 5.14. The Morgan fingerprint density at radius 2 is 1.93 bits per heavy atom. The highest BCUT2D eigenvalue weighted by atomic mass is 14.3. The Morgan fingerprint density at radius 1 is 1.29 bits per heavy atom. The summed E-state index contributed by atoms with van der Waals surface area (Å²) in [5.74, 6) is 2.76. The largest absolute Gasteiger partial charge is 0.0772 e. The molecule has 0 bridgehead atoms. The van der Waals surface area contributed by atoms with E-state index in [0.717, 1.165) is 17.8 Å². The van der Waals surface area contributed by atoms with Crippen LogP contribution in [0.5, 0.6) is 0 Å². The lowest BCUT2D eigenvalue weighted by Gasteiger charge is -2.20. The normalized spacial score (nSPS) is 24.4. The molecule has 0 nitrogen and oxygen atoms in total. The molecule has 1 saturated carbocycles. The van der Waals surface area contributed by atoms with Crippen LogP contribution in [-0.4, -0.2) is 0 Å². The van der Waals surface area contributed by atoms with Crippen LogP contribution >= 0.6 is 0 Å². The highest BCUT2D eigenvalue weighted by Crippen LogP contribution is 2.38. The highest BCUT2D eigenvalue weighted by Gasteiger charge is 2.25. The molecule has 0 aromatic heterocycles. The van der Waals surface area contributed by atoms with Gasteiger partial charge in [0.25, 0.3) is 0 Å². The van der Waals surface area contributed by atoms with E-state index in [1.54, 1.807) is 11.1 Å². The Hall–Kier alpha value is -0.260. The van der Waals surface area contributed by atoms with Crippen molar-refractivity contribution in [3.05, 3.63) is 11.1 Å². The molecule has 1 fully saturated rings. The van der Waals surface area contributed by atoms with Crippen LogP contribution in [0, 0.1) is 17.8 Å². The Bertz CT molecular complexity index is 206. The van der Waals surface area contributed by atoms with Gasteiger partial charge in [0.2, 0.25) is 0 Å². The predicted octanol–water partition coefficient (Wildman–Crippen LogP) is 4.81. The van der Waals surface area contributed by atoms with Gasteiger partial charge >= 0.3 is 0 Å². The first-order valence-corrected chi connectivity index (χ1v) is 6.16. The van der Waals surface area contributed by atoms with Gasteiger partial charge in [-0.1, -0.05) is 31.9 Å². The summed E-state index contributed by atoms with van der Waals surface area (Å²) in [7, 11) is 0. The van der Waals surface area contributed by atoms with E-state index in [9.17, 15) is 0 Å². The van der Waals surface area contributed by atoms with E-state index in [1.165, 1.54) is 25.7 Å².